The van der Waals surface area contributed by atoms with Gasteiger partial charge in [-0.15, -0.1) is 0 Å². The van der Waals surface area contributed by atoms with Gasteiger partial charge >= 0.3 is 0 Å². The maximum Gasteiger partial charge on any atom is 0.260 e. The molecule has 0 atom stereocenters. The lowest BCUT2D eigenvalue weighted by atomic mass is 9.49. The molecule has 0 spiro atoms. The van der Waals surface area contributed by atoms with Gasteiger partial charge in [0.25, 0.3) is 11.5 Å². The van der Waals surface area contributed by atoms with Crippen LogP contribution in [-0.2, 0) is 0 Å². The SMILES string of the molecule is O=C(NCC12CC3CC(CC(C3)C1)C2)c1ccc[nH]c1=O. The summed E-state index contributed by atoms with van der Waals surface area (Å²) < 4.78 is 0. The fraction of sp³-hybridized carbons (Fsp3) is 0.647. The number of amides is 1. The van der Waals surface area contributed by atoms with Gasteiger partial charge in [-0.2, -0.15) is 0 Å². The van der Waals surface area contributed by atoms with Crippen LogP contribution in [-0.4, -0.2) is 17.4 Å². The number of carbonyl (C=O) groups excluding carboxylic acids is 1. The van der Waals surface area contributed by atoms with E-state index in [1.54, 1.807) is 18.3 Å². The van der Waals surface area contributed by atoms with Gasteiger partial charge in [0.2, 0.25) is 0 Å². The van der Waals surface area contributed by atoms with Crippen molar-refractivity contribution in [3.05, 3.63) is 34.2 Å². The van der Waals surface area contributed by atoms with Crippen molar-refractivity contribution in [3.63, 3.8) is 0 Å². The van der Waals surface area contributed by atoms with E-state index < -0.39 is 0 Å². The average molecular weight is 286 g/mol. The number of carbonyl (C=O) groups is 1. The van der Waals surface area contributed by atoms with Gasteiger partial charge in [0, 0.05) is 12.7 Å². The topological polar surface area (TPSA) is 62.0 Å². The Morgan fingerprint density at radius 1 is 1.19 bits per heavy atom. The summed E-state index contributed by atoms with van der Waals surface area (Å²) in [6, 6.07) is 3.29. The molecule has 4 heteroatoms. The Morgan fingerprint density at radius 3 is 2.38 bits per heavy atom. The standard InChI is InChI=1S/C17H22N2O2/c20-15-14(2-1-3-18-15)16(21)19-10-17-7-11-4-12(8-17)6-13(5-11)9-17/h1-3,11-13H,4-10H2,(H,18,20)(H,19,21). The first-order valence-electron chi connectivity index (χ1n) is 8.09. The van der Waals surface area contributed by atoms with E-state index in [2.05, 4.69) is 10.3 Å². The number of H-pyrrole nitrogens is 1. The molecule has 4 bridgehead atoms. The number of hydrogen-bond acceptors (Lipinski definition) is 2. The normalized spacial score (nSPS) is 36.7. The van der Waals surface area contributed by atoms with Crippen LogP contribution in [0.3, 0.4) is 0 Å². The smallest absolute Gasteiger partial charge is 0.260 e. The zero-order valence-corrected chi connectivity index (χ0v) is 12.2. The molecule has 0 aromatic carbocycles. The lowest BCUT2D eigenvalue weighted by molar-refractivity contribution is -0.0503. The Hall–Kier alpha value is -1.58. The molecule has 2 N–H and O–H groups in total. The van der Waals surface area contributed by atoms with Crippen molar-refractivity contribution in [1.29, 1.82) is 0 Å². The van der Waals surface area contributed by atoms with Crippen LogP contribution in [0.25, 0.3) is 0 Å². The largest absolute Gasteiger partial charge is 0.351 e. The molecule has 1 aromatic heterocycles. The molecule has 1 amide bonds. The van der Waals surface area contributed by atoms with Crippen molar-refractivity contribution in [1.82, 2.24) is 10.3 Å². The maximum atomic E-state index is 12.2. The molecule has 1 heterocycles. The van der Waals surface area contributed by atoms with Crippen LogP contribution >= 0.6 is 0 Å². The number of nitrogens with one attached hydrogen (secondary N) is 2. The molecule has 1 aromatic rings. The highest BCUT2D eigenvalue weighted by molar-refractivity contribution is 5.93. The Balaban J connectivity index is 1.46. The number of aromatic nitrogens is 1. The first-order valence-corrected chi connectivity index (χ1v) is 8.09. The monoisotopic (exact) mass is 286 g/mol. The van der Waals surface area contributed by atoms with Crippen LogP contribution in [0.5, 0.6) is 0 Å². The van der Waals surface area contributed by atoms with Crippen molar-refractivity contribution in [2.75, 3.05) is 6.54 Å². The van der Waals surface area contributed by atoms with E-state index in [0.717, 1.165) is 24.3 Å². The molecule has 0 radical (unpaired) electrons. The minimum Gasteiger partial charge on any atom is -0.351 e. The summed E-state index contributed by atoms with van der Waals surface area (Å²) in [5.74, 6) is 2.42. The van der Waals surface area contributed by atoms with Gasteiger partial charge in [-0.25, -0.2) is 0 Å². The lowest BCUT2D eigenvalue weighted by Gasteiger charge is -2.56. The Morgan fingerprint density at radius 2 is 1.81 bits per heavy atom. The lowest BCUT2D eigenvalue weighted by Crippen LogP contribution is -2.51. The predicted octanol–water partition coefficient (Wildman–Crippen LogP) is 2.32. The Bertz CT molecular complexity index is 584. The zero-order chi connectivity index (χ0) is 14.4. The molecule has 0 aliphatic heterocycles. The molecule has 4 fully saturated rings. The van der Waals surface area contributed by atoms with Crippen molar-refractivity contribution >= 4 is 5.91 Å². The fourth-order valence-electron chi connectivity index (χ4n) is 5.47. The first kappa shape index (κ1) is 13.1. The van der Waals surface area contributed by atoms with Gasteiger partial charge in [0.05, 0.1) is 0 Å². The molecule has 4 aliphatic rings. The molecular weight excluding hydrogens is 264 g/mol. The van der Waals surface area contributed by atoms with Crippen molar-refractivity contribution in [2.45, 2.75) is 38.5 Å². The fourth-order valence-corrected chi connectivity index (χ4v) is 5.47. The van der Waals surface area contributed by atoms with E-state index in [4.69, 9.17) is 0 Å². The van der Waals surface area contributed by atoms with Gasteiger partial charge in [0.1, 0.15) is 5.56 Å². The summed E-state index contributed by atoms with van der Waals surface area (Å²) in [6.07, 6.45) is 9.58. The second-order valence-electron chi connectivity index (χ2n) is 7.51. The van der Waals surface area contributed by atoms with E-state index >= 15 is 0 Å². The highest BCUT2D eigenvalue weighted by Gasteiger charge is 2.50. The van der Waals surface area contributed by atoms with Crippen molar-refractivity contribution in [2.24, 2.45) is 23.2 Å². The third-order valence-electron chi connectivity index (χ3n) is 5.85. The number of aromatic amines is 1. The van der Waals surface area contributed by atoms with Crippen LogP contribution in [0.4, 0.5) is 0 Å². The van der Waals surface area contributed by atoms with Crippen LogP contribution in [0.1, 0.15) is 48.9 Å². The third-order valence-corrected chi connectivity index (χ3v) is 5.85. The van der Waals surface area contributed by atoms with Crippen molar-refractivity contribution < 1.29 is 4.79 Å². The Labute approximate surface area is 124 Å². The highest BCUT2D eigenvalue weighted by Crippen LogP contribution is 2.59. The van der Waals surface area contributed by atoms with Gasteiger partial charge in [-0.3, -0.25) is 9.59 Å². The average Bonchev–Trinajstić information content (AvgIpc) is 2.44. The molecule has 21 heavy (non-hydrogen) atoms. The van der Waals surface area contributed by atoms with E-state index in [0.29, 0.717) is 5.41 Å². The summed E-state index contributed by atoms with van der Waals surface area (Å²) in [4.78, 5) is 26.5. The summed E-state index contributed by atoms with van der Waals surface area (Å²) in [7, 11) is 0. The zero-order valence-electron chi connectivity index (χ0n) is 12.2. The van der Waals surface area contributed by atoms with Crippen LogP contribution < -0.4 is 10.9 Å². The van der Waals surface area contributed by atoms with Crippen molar-refractivity contribution in [3.8, 4) is 0 Å². The highest BCUT2D eigenvalue weighted by atomic mass is 16.2. The third kappa shape index (κ3) is 2.30. The minimum atomic E-state index is -0.305. The summed E-state index contributed by atoms with van der Waals surface area (Å²) >= 11 is 0. The number of pyridine rings is 1. The molecule has 5 rings (SSSR count). The minimum absolute atomic E-state index is 0.224. The predicted molar refractivity (Wildman–Crippen MR) is 80.0 cm³/mol. The number of hydrogen-bond donors (Lipinski definition) is 2. The maximum absolute atomic E-state index is 12.2. The molecule has 4 saturated carbocycles. The van der Waals surface area contributed by atoms with Crippen LogP contribution in [0.15, 0.2) is 23.1 Å². The van der Waals surface area contributed by atoms with E-state index in [1.165, 1.54) is 38.5 Å². The molecular formula is C17H22N2O2. The van der Waals surface area contributed by atoms with Crippen LogP contribution in [0, 0.1) is 23.2 Å². The van der Waals surface area contributed by atoms with E-state index in [-0.39, 0.29) is 17.0 Å². The first-order chi connectivity index (χ1) is 10.1. The van der Waals surface area contributed by atoms with E-state index in [1.807, 2.05) is 0 Å². The summed E-state index contributed by atoms with van der Waals surface area (Å²) in [6.45, 7) is 0.740. The molecule has 4 aliphatic carbocycles. The van der Waals surface area contributed by atoms with Gasteiger partial charge in [0.15, 0.2) is 0 Å². The quantitative estimate of drug-likeness (QED) is 0.895. The van der Waals surface area contributed by atoms with Gasteiger partial charge in [-0.05, 0) is 73.8 Å². The van der Waals surface area contributed by atoms with E-state index in [9.17, 15) is 9.59 Å². The summed E-state index contributed by atoms with van der Waals surface area (Å²) in [5, 5.41) is 3.04. The molecule has 4 nitrogen and oxygen atoms in total. The number of rotatable bonds is 3. The molecule has 0 unspecified atom stereocenters. The van der Waals surface area contributed by atoms with Gasteiger partial charge < -0.3 is 10.3 Å². The van der Waals surface area contributed by atoms with Crippen LogP contribution in [0.2, 0.25) is 0 Å². The van der Waals surface area contributed by atoms with Gasteiger partial charge in [-0.1, -0.05) is 0 Å². The second kappa shape index (κ2) is 4.72. The molecule has 0 saturated heterocycles. The second-order valence-corrected chi connectivity index (χ2v) is 7.51. The summed E-state index contributed by atoms with van der Waals surface area (Å²) in [5.41, 5.74) is 0.231. The Kier molecular flexibility index (Phi) is 2.95. The molecule has 112 valence electrons.